The monoisotopic (exact) mass is 338 g/mol. The van der Waals surface area contributed by atoms with Crippen LogP contribution in [0.2, 0.25) is 0 Å². The van der Waals surface area contributed by atoms with Crippen molar-refractivity contribution >= 4 is 27.8 Å². The number of hydrogen-bond donors (Lipinski definition) is 1. The summed E-state index contributed by atoms with van der Waals surface area (Å²) >= 11 is 3.41. The van der Waals surface area contributed by atoms with Gasteiger partial charge in [0.2, 0.25) is 0 Å². The number of anilines is 1. The van der Waals surface area contributed by atoms with Gasteiger partial charge in [0.05, 0.1) is 19.3 Å². The SMILES string of the molecule is CN(Cc1cnc(N)s1)CC(c1cccs1)N1CCOCC1. The van der Waals surface area contributed by atoms with Crippen LogP contribution in [0.4, 0.5) is 5.13 Å². The molecule has 0 saturated carbocycles. The van der Waals surface area contributed by atoms with Crippen molar-refractivity contribution in [3.05, 3.63) is 33.5 Å². The number of nitrogen functional groups attached to an aromatic ring is 1. The largest absolute Gasteiger partial charge is 0.379 e. The van der Waals surface area contributed by atoms with E-state index in [2.05, 4.69) is 39.3 Å². The first-order valence-corrected chi connectivity index (χ1v) is 9.16. The molecular formula is C15H22N4OS2. The van der Waals surface area contributed by atoms with Crippen LogP contribution in [0.3, 0.4) is 0 Å². The number of hydrogen-bond acceptors (Lipinski definition) is 7. The molecule has 2 aromatic heterocycles. The zero-order valence-corrected chi connectivity index (χ0v) is 14.4. The summed E-state index contributed by atoms with van der Waals surface area (Å²) in [6.07, 6.45) is 1.88. The molecule has 1 fully saturated rings. The van der Waals surface area contributed by atoms with Gasteiger partial charge in [0, 0.05) is 42.1 Å². The van der Waals surface area contributed by atoms with Crippen molar-refractivity contribution in [1.29, 1.82) is 0 Å². The molecule has 0 radical (unpaired) electrons. The molecule has 2 aromatic rings. The quantitative estimate of drug-likeness (QED) is 0.876. The molecule has 0 spiro atoms. The first-order valence-electron chi connectivity index (χ1n) is 7.46. The van der Waals surface area contributed by atoms with Crippen LogP contribution in [0.5, 0.6) is 0 Å². The number of thiazole rings is 1. The molecule has 0 aliphatic carbocycles. The summed E-state index contributed by atoms with van der Waals surface area (Å²) in [7, 11) is 2.16. The van der Waals surface area contributed by atoms with Crippen molar-refractivity contribution < 1.29 is 4.74 Å². The molecule has 1 unspecified atom stereocenters. The van der Waals surface area contributed by atoms with Gasteiger partial charge in [0.25, 0.3) is 0 Å². The van der Waals surface area contributed by atoms with Crippen molar-refractivity contribution in [2.45, 2.75) is 12.6 Å². The fourth-order valence-corrected chi connectivity index (χ4v) is 4.39. The summed E-state index contributed by atoms with van der Waals surface area (Å²) in [6.45, 7) is 5.56. The van der Waals surface area contributed by atoms with Gasteiger partial charge in [-0.3, -0.25) is 9.80 Å². The maximum absolute atomic E-state index is 5.72. The Kier molecular flexibility index (Phi) is 5.43. The molecule has 7 heteroatoms. The minimum Gasteiger partial charge on any atom is -0.379 e. The average Bonchev–Trinajstić information content (AvgIpc) is 3.18. The zero-order valence-electron chi connectivity index (χ0n) is 12.8. The smallest absolute Gasteiger partial charge is 0.180 e. The standard InChI is InChI=1S/C15H22N4OS2/c1-18(10-12-9-17-15(16)22-12)11-13(14-3-2-8-21-14)19-4-6-20-7-5-19/h2-3,8-9,13H,4-7,10-11H2,1H3,(H2,16,17). The number of nitrogens with zero attached hydrogens (tertiary/aromatic N) is 3. The highest BCUT2D eigenvalue weighted by Crippen LogP contribution is 2.27. The Hall–Kier alpha value is -0.990. The van der Waals surface area contributed by atoms with Crippen molar-refractivity contribution in [2.75, 3.05) is 45.6 Å². The van der Waals surface area contributed by atoms with Gasteiger partial charge in [-0.15, -0.1) is 22.7 Å². The molecule has 3 rings (SSSR count). The third-order valence-corrected chi connectivity index (χ3v) is 5.62. The zero-order chi connectivity index (χ0) is 15.4. The average molecular weight is 339 g/mol. The van der Waals surface area contributed by atoms with E-state index in [0.717, 1.165) is 39.4 Å². The highest BCUT2D eigenvalue weighted by molar-refractivity contribution is 7.15. The molecule has 120 valence electrons. The molecule has 0 bridgehead atoms. The van der Waals surface area contributed by atoms with Crippen LogP contribution in [0, 0.1) is 0 Å². The third kappa shape index (κ3) is 4.05. The third-order valence-electron chi connectivity index (χ3n) is 3.84. The molecule has 1 aliphatic heterocycles. The van der Waals surface area contributed by atoms with Gasteiger partial charge in [-0.25, -0.2) is 4.98 Å². The van der Waals surface area contributed by atoms with Gasteiger partial charge in [-0.2, -0.15) is 0 Å². The summed E-state index contributed by atoms with van der Waals surface area (Å²) < 4.78 is 5.50. The molecule has 5 nitrogen and oxygen atoms in total. The van der Waals surface area contributed by atoms with E-state index in [1.165, 1.54) is 9.75 Å². The van der Waals surface area contributed by atoms with E-state index in [0.29, 0.717) is 11.2 Å². The van der Waals surface area contributed by atoms with Crippen LogP contribution in [-0.2, 0) is 11.3 Å². The summed E-state index contributed by atoms with van der Waals surface area (Å²) in [6, 6.07) is 4.81. The van der Waals surface area contributed by atoms with E-state index in [4.69, 9.17) is 10.5 Å². The van der Waals surface area contributed by atoms with Crippen LogP contribution in [0.15, 0.2) is 23.7 Å². The van der Waals surface area contributed by atoms with E-state index >= 15 is 0 Å². The molecular weight excluding hydrogens is 316 g/mol. The topological polar surface area (TPSA) is 54.6 Å². The van der Waals surface area contributed by atoms with E-state index in [9.17, 15) is 0 Å². The molecule has 1 atom stereocenters. The minimum atomic E-state index is 0.430. The highest BCUT2D eigenvalue weighted by atomic mass is 32.1. The maximum atomic E-state index is 5.72. The minimum absolute atomic E-state index is 0.430. The first-order chi connectivity index (χ1) is 10.7. The number of likely N-dealkylation sites (N-methyl/N-ethyl adjacent to an activating group) is 1. The second kappa shape index (κ2) is 7.52. The number of ether oxygens (including phenoxy) is 1. The van der Waals surface area contributed by atoms with Crippen molar-refractivity contribution in [3.8, 4) is 0 Å². The number of aromatic nitrogens is 1. The Morgan fingerprint density at radius 3 is 2.91 bits per heavy atom. The fraction of sp³-hybridized carbons (Fsp3) is 0.533. The first kappa shape index (κ1) is 15.9. The Balaban J connectivity index is 1.66. The van der Waals surface area contributed by atoms with E-state index in [1.54, 1.807) is 11.3 Å². The molecule has 0 amide bonds. The summed E-state index contributed by atoms with van der Waals surface area (Å²) in [4.78, 5) is 11.7. The summed E-state index contributed by atoms with van der Waals surface area (Å²) in [5.41, 5.74) is 5.72. The Labute approximate surface area is 139 Å². The van der Waals surface area contributed by atoms with Gasteiger partial charge in [-0.1, -0.05) is 6.07 Å². The van der Waals surface area contributed by atoms with Crippen molar-refractivity contribution in [2.24, 2.45) is 0 Å². The Bertz CT molecular complexity index is 566. The van der Waals surface area contributed by atoms with E-state index in [-0.39, 0.29) is 0 Å². The van der Waals surface area contributed by atoms with Crippen LogP contribution < -0.4 is 5.73 Å². The predicted octanol–water partition coefficient (Wildman–Crippen LogP) is 2.29. The lowest BCUT2D eigenvalue weighted by atomic mass is 10.1. The van der Waals surface area contributed by atoms with Crippen LogP contribution in [0.1, 0.15) is 15.8 Å². The molecule has 0 aromatic carbocycles. The molecule has 1 saturated heterocycles. The molecule has 1 aliphatic rings. The van der Waals surface area contributed by atoms with Crippen molar-refractivity contribution in [3.63, 3.8) is 0 Å². The molecule has 22 heavy (non-hydrogen) atoms. The highest BCUT2D eigenvalue weighted by Gasteiger charge is 2.24. The maximum Gasteiger partial charge on any atom is 0.180 e. The number of thiophene rings is 1. The van der Waals surface area contributed by atoms with E-state index in [1.807, 2.05) is 17.5 Å². The van der Waals surface area contributed by atoms with Gasteiger partial charge in [0.15, 0.2) is 5.13 Å². The Morgan fingerprint density at radius 2 is 2.27 bits per heavy atom. The second-order valence-electron chi connectivity index (χ2n) is 5.54. The van der Waals surface area contributed by atoms with Gasteiger partial charge < -0.3 is 10.5 Å². The van der Waals surface area contributed by atoms with Crippen LogP contribution in [0.25, 0.3) is 0 Å². The number of rotatable bonds is 6. The lowest BCUT2D eigenvalue weighted by Crippen LogP contribution is -2.42. The van der Waals surface area contributed by atoms with Gasteiger partial charge in [-0.05, 0) is 18.5 Å². The normalized spacial score (nSPS) is 17.9. The van der Waals surface area contributed by atoms with Crippen molar-refractivity contribution in [1.82, 2.24) is 14.8 Å². The lowest BCUT2D eigenvalue weighted by molar-refractivity contribution is 0.00969. The predicted molar refractivity (Wildman–Crippen MR) is 92.3 cm³/mol. The van der Waals surface area contributed by atoms with Crippen LogP contribution >= 0.6 is 22.7 Å². The number of morpholine rings is 1. The summed E-state index contributed by atoms with van der Waals surface area (Å²) in [5.74, 6) is 0. The van der Waals surface area contributed by atoms with E-state index < -0.39 is 0 Å². The number of nitrogens with two attached hydrogens (primary N) is 1. The fourth-order valence-electron chi connectivity index (χ4n) is 2.78. The van der Waals surface area contributed by atoms with Gasteiger partial charge in [0.1, 0.15) is 0 Å². The lowest BCUT2D eigenvalue weighted by Gasteiger charge is -2.36. The Morgan fingerprint density at radius 1 is 1.45 bits per heavy atom. The van der Waals surface area contributed by atoms with Gasteiger partial charge >= 0.3 is 0 Å². The second-order valence-corrected chi connectivity index (χ2v) is 7.67. The van der Waals surface area contributed by atoms with Crippen LogP contribution in [-0.4, -0.2) is 54.7 Å². The molecule has 3 heterocycles. The summed E-state index contributed by atoms with van der Waals surface area (Å²) in [5, 5.41) is 2.80. The molecule has 2 N–H and O–H groups in total.